The van der Waals surface area contributed by atoms with Crippen LogP contribution in [0.1, 0.15) is 131 Å². The molecule has 4 heterocycles. The molecule has 0 bridgehead atoms. The molecule has 6 aliphatic rings. The molecule has 4 aliphatic heterocycles. The van der Waals surface area contributed by atoms with E-state index in [2.05, 4.69) is 420 Å². The fourth-order valence-electron chi connectivity index (χ4n) is 16.0. The maximum atomic E-state index is 3.11. The Morgan fingerprint density at radius 3 is 1.52 bits per heavy atom. The van der Waals surface area contributed by atoms with Gasteiger partial charge in [-0.2, -0.15) is 0 Å². The predicted molar refractivity (Wildman–Crippen MR) is 552 cm³/mol. The van der Waals surface area contributed by atoms with Crippen molar-refractivity contribution in [3.05, 3.63) is 208 Å². The Morgan fingerprint density at radius 2 is 0.914 bits per heavy atom. The number of hydrogen-bond acceptors (Lipinski definition) is 4. The molecule has 14 rings (SSSR count). The molecule has 22 heteroatoms. The summed E-state index contributed by atoms with van der Waals surface area (Å²) in [7, 11) is -2.48. The standard InChI is InChI=1S/C35H35BN2.C35H38N2.CH4.I17/c1-22-20-29-31-30(21-22)38-33-25(34(4)18-8-9-19-35(34,38)5)14-11-16-27(33)36(31)26-15-10-13-24(3)32(26)37(29)28-17-7-6-12-23(28)2;1-25-22-28(36(31-17-9-6-14-26(31)2)32-18-10-7-15-27(32)3)24-29(23-25)37-33-19-11-8-16-30(33)34(4)20-12-13-21-35(34,37)5;;1-10-12(4)14(6)16(8)17(9)15(7)13(5)11(2)3/h6-7,10-17,20-21H,8-9,18-19H2,1-5H3;6-11,14-19,22-24H,12-13,20-21H2,1-5H3;1H4;/q;;;-1. The van der Waals surface area contributed by atoms with Gasteiger partial charge in [-0.1, -0.05) is 156 Å². The van der Waals surface area contributed by atoms with Crippen molar-refractivity contribution in [2.24, 2.45) is 0 Å². The van der Waals surface area contributed by atoms with Crippen LogP contribution in [0.4, 0.5) is 56.9 Å². The summed E-state index contributed by atoms with van der Waals surface area (Å²) in [5, 5.41) is 0. The minimum absolute atomic E-state index is 0. The quantitative estimate of drug-likeness (QED) is 0.0893. The second kappa shape index (κ2) is 33.5. The van der Waals surface area contributed by atoms with Crippen LogP contribution in [0, 0.1) is 41.5 Å². The van der Waals surface area contributed by atoms with Gasteiger partial charge in [0.15, 0.2) is 0 Å². The van der Waals surface area contributed by atoms with Crippen LogP contribution in [0.5, 0.6) is 0 Å². The summed E-state index contributed by atoms with van der Waals surface area (Å²) in [6.07, 6.45) is 10.2. The zero-order valence-corrected chi connectivity index (χ0v) is 89.2. The molecule has 0 aromatic heterocycles. The first-order valence-corrected chi connectivity index (χ1v) is 131. The first-order valence-electron chi connectivity index (χ1n) is 30.4. The first-order chi connectivity index (χ1) is 43.9. The van der Waals surface area contributed by atoms with Crippen molar-refractivity contribution in [1.29, 1.82) is 0 Å². The van der Waals surface area contributed by atoms with Gasteiger partial charge in [0, 0.05) is 67.7 Å². The average molecular weight is 3150 g/mol. The van der Waals surface area contributed by atoms with Crippen molar-refractivity contribution in [3.63, 3.8) is 0 Å². The summed E-state index contributed by atoms with van der Waals surface area (Å²) >= 11 is 27.6. The predicted octanol–water partition coefficient (Wildman–Crippen LogP) is 28.6. The second-order valence-corrected chi connectivity index (χ2v) is 383. The second-order valence-electron chi connectivity index (χ2n) is 25.5. The summed E-state index contributed by atoms with van der Waals surface area (Å²) in [6.45, 7) is 23.9. The summed E-state index contributed by atoms with van der Waals surface area (Å²) in [5.74, 6) is 0. The maximum absolute atomic E-state index is 3.11. The fraction of sp³-hybridized carbons (Fsp3) is 0.324. The molecule has 4 nitrogen and oxygen atoms in total. The Kier molecular flexibility index (Phi) is 28.6. The molecule has 0 spiro atoms. The van der Waals surface area contributed by atoms with Crippen molar-refractivity contribution in [3.8, 4) is 0 Å². The molecule has 2 aliphatic carbocycles. The number of halogens is 17. The summed E-state index contributed by atoms with van der Waals surface area (Å²) in [6, 6.07) is 61.8. The Bertz CT molecular complexity index is 4040. The molecule has 0 amide bonds. The minimum atomic E-state index is -0.415. The Hall–Kier alpha value is 5.43. The van der Waals surface area contributed by atoms with E-state index in [1.54, 1.807) is 5.56 Å². The molecule has 2 fully saturated rings. The van der Waals surface area contributed by atoms with Gasteiger partial charge in [0.25, 0.3) is 6.71 Å². The number of nitrogens with zero attached hydrogens (tertiary/aromatic N) is 4. The van der Waals surface area contributed by atoms with E-state index in [-0.39, 0.29) is 83.4 Å². The first kappa shape index (κ1) is 79.5. The molecule has 0 N–H and O–H groups in total. The van der Waals surface area contributed by atoms with Gasteiger partial charge in [-0.15, -0.1) is 0 Å². The van der Waals surface area contributed by atoms with Crippen molar-refractivity contribution >= 4 is 303 Å². The molecular weight excluding hydrogens is 3080 g/mol. The van der Waals surface area contributed by atoms with E-state index in [0.29, 0.717) is 13.3 Å². The van der Waals surface area contributed by atoms with E-state index in [9.17, 15) is 0 Å². The Labute approximate surface area is 677 Å². The van der Waals surface area contributed by atoms with Crippen LogP contribution in [0.3, 0.4) is 0 Å². The molecule has 0 saturated heterocycles. The van der Waals surface area contributed by atoms with Crippen molar-refractivity contribution in [1.82, 2.24) is 0 Å². The van der Waals surface area contributed by atoms with Gasteiger partial charge in [0.05, 0.1) is 11.1 Å². The molecule has 8 aromatic carbocycles. The van der Waals surface area contributed by atoms with Gasteiger partial charge in [-0.3, -0.25) is 0 Å². The number of aryl methyl sites for hydroxylation is 6. The van der Waals surface area contributed by atoms with E-state index in [1.807, 2.05) is 0 Å². The van der Waals surface area contributed by atoms with E-state index in [4.69, 9.17) is 0 Å². The molecule has 504 valence electrons. The van der Waals surface area contributed by atoms with Gasteiger partial charge in [-0.05, 0) is 197 Å². The third kappa shape index (κ3) is 15.0. The number of benzene rings is 8. The SMILES string of the molecule is C.Cc1cc(N(c2ccccc2C)c2ccccc2C)cc(N2c3ccccc3C3(C)CCCCC23C)c1.Cc1cc2c3c(c1)N1c4c(cccc4C4(C)CCCCC14C)B3c1cccc(C)c1N2c1ccccc1C.I[I-]I(I)I(I)I(I)I(I)I(I)I(I)I(I)I. The van der Waals surface area contributed by atoms with Gasteiger partial charge >= 0.3 is 236 Å². The van der Waals surface area contributed by atoms with Crippen LogP contribution in [0.15, 0.2) is 164 Å². The monoisotopic (exact) mass is 3150 g/mol. The van der Waals surface area contributed by atoms with Crippen LogP contribution in [-0.2, 0) is 10.8 Å². The van der Waals surface area contributed by atoms with Crippen molar-refractivity contribution in [2.45, 2.75) is 150 Å². The fourth-order valence-corrected chi connectivity index (χ4v) is 2320. The van der Waals surface area contributed by atoms with Gasteiger partial charge in [0.1, 0.15) is 0 Å². The van der Waals surface area contributed by atoms with Crippen LogP contribution in [0.25, 0.3) is 0 Å². The van der Waals surface area contributed by atoms with Gasteiger partial charge in [0.2, 0.25) is 0 Å². The number of fused-ring (bicyclic) bond motifs is 10. The molecule has 8 aromatic rings. The van der Waals surface area contributed by atoms with Crippen LogP contribution in [-0.4, -0.2) is 17.8 Å². The molecule has 4 atom stereocenters. The van der Waals surface area contributed by atoms with Crippen LogP contribution in [0.2, 0.25) is 0 Å². The topological polar surface area (TPSA) is 13.0 Å². The number of hydrogen-bond donors (Lipinski definition) is 0. The summed E-state index contributed by atoms with van der Waals surface area (Å²) < 4.78 is 0. The zero-order valence-electron chi connectivity index (χ0n) is 52.5. The number of anilines is 10. The third-order valence-corrected chi connectivity index (χ3v) is 1090. The molecule has 2 saturated carbocycles. The van der Waals surface area contributed by atoms with Crippen LogP contribution < -0.4 is 49.2 Å². The van der Waals surface area contributed by atoms with E-state index >= 15 is 0 Å². The normalized spacial score (nSPS) is 21.9. The van der Waals surface area contributed by atoms with Gasteiger partial charge < -0.3 is 19.6 Å². The van der Waals surface area contributed by atoms with Crippen molar-refractivity contribution < 1.29 is 13.3 Å². The average Bonchev–Trinajstić information content (AvgIpc) is 1.56. The summed E-state index contributed by atoms with van der Waals surface area (Å²) in [4.78, 5) is 10.5. The molecule has 93 heavy (non-hydrogen) atoms. The Balaban J connectivity index is 0.000000153. The molecule has 4 unspecified atom stereocenters. The zero-order chi connectivity index (χ0) is 65.5. The molecular formula is C71H77BI17N4-. The Morgan fingerprint density at radius 1 is 0.441 bits per heavy atom. The molecule has 0 radical (unpaired) electrons. The third-order valence-electron chi connectivity index (χ3n) is 20.5. The van der Waals surface area contributed by atoms with Crippen molar-refractivity contribution in [2.75, 3.05) is 19.6 Å². The van der Waals surface area contributed by atoms with E-state index in [1.165, 1.54) is 164 Å². The number of rotatable bonds is 12. The van der Waals surface area contributed by atoms with E-state index < -0.39 is 7.89 Å². The van der Waals surface area contributed by atoms with Gasteiger partial charge in [-0.25, -0.2) is 0 Å². The van der Waals surface area contributed by atoms with E-state index in [0.717, 1.165) is 0 Å². The van der Waals surface area contributed by atoms with Crippen LogP contribution >= 0.6 is 223 Å². The summed E-state index contributed by atoms with van der Waals surface area (Å²) in [5.41, 5.74) is 29.0. The number of para-hydroxylation sites is 6.